The van der Waals surface area contributed by atoms with E-state index in [9.17, 15) is 14.7 Å². The first kappa shape index (κ1) is 19.2. The second-order valence-electron chi connectivity index (χ2n) is 6.95. The summed E-state index contributed by atoms with van der Waals surface area (Å²) in [6.07, 6.45) is 0. The molecular weight excluding hydrogens is 418 g/mol. The lowest BCUT2D eigenvalue weighted by atomic mass is 9.99. The first-order chi connectivity index (χ1) is 15.1. The van der Waals surface area contributed by atoms with Crippen molar-refractivity contribution < 1.29 is 28.9 Å². The van der Waals surface area contributed by atoms with Crippen molar-refractivity contribution in [3.63, 3.8) is 0 Å². The Morgan fingerprint density at radius 1 is 1.10 bits per heavy atom. The Kier molecular flexibility index (Phi) is 4.63. The van der Waals surface area contributed by atoms with E-state index < -0.39 is 17.7 Å². The van der Waals surface area contributed by atoms with Crippen molar-refractivity contribution in [3.8, 4) is 17.2 Å². The monoisotopic (exact) mass is 435 g/mol. The number of aliphatic hydroxyl groups excluding tert-OH is 1. The molecule has 3 aromatic rings. The van der Waals surface area contributed by atoms with Crippen LogP contribution in [0.3, 0.4) is 0 Å². The number of hydrogen-bond donors (Lipinski definition) is 1. The minimum Gasteiger partial charge on any atom is -0.507 e. The third-order valence-corrected chi connectivity index (χ3v) is 6.16. The minimum atomic E-state index is -0.772. The average Bonchev–Trinajstić information content (AvgIpc) is 3.53. The van der Waals surface area contributed by atoms with E-state index >= 15 is 0 Å². The lowest BCUT2D eigenvalue weighted by Gasteiger charge is -2.24. The molecule has 1 fully saturated rings. The third kappa shape index (κ3) is 3.12. The number of rotatable bonds is 4. The zero-order valence-electron chi connectivity index (χ0n) is 16.4. The summed E-state index contributed by atoms with van der Waals surface area (Å²) < 4.78 is 16.0. The number of anilines is 1. The molecule has 2 aromatic carbocycles. The first-order valence-electron chi connectivity index (χ1n) is 9.47. The first-order valence-corrected chi connectivity index (χ1v) is 10.3. The number of ketones is 1. The number of hydrogen-bond acceptors (Lipinski definition) is 7. The van der Waals surface area contributed by atoms with Crippen LogP contribution in [0.15, 0.2) is 65.6 Å². The van der Waals surface area contributed by atoms with E-state index in [4.69, 9.17) is 14.2 Å². The molecule has 156 valence electrons. The Morgan fingerprint density at radius 2 is 1.94 bits per heavy atom. The summed E-state index contributed by atoms with van der Waals surface area (Å²) in [4.78, 5) is 28.4. The molecule has 31 heavy (non-hydrogen) atoms. The normalized spacial score (nSPS) is 19.1. The molecule has 5 rings (SSSR count). The van der Waals surface area contributed by atoms with Gasteiger partial charge in [-0.2, -0.15) is 0 Å². The predicted octanol–water partition coefficient (Wildman–Crippen LogP) is 4.11. The van der Waals surface area contributed by atoms with Crippen LogP contribution in [0.2, 0.25) is 0 Å². The number of methoxy groups -OCH3 is 1. The number of carbonyl (C=O) groups excluding carboxylic acids is 2. The Balaban J connectivity index is 1.68. The van der Waals surface area contributed by atoms with Gasteiger partial charge in [-0.15, -0.1) is 11.3 Å². The molecule has 0 saturated carbocycles. The van der Waals surface area contributed by atoms with E-state index in [1.807, 2.05) is 17.5 Å². The number of amides is 1. The molecule has 1 aromatic heterocycles. The highest BCUT2D eigenvalue weighted by atomic mass is 32.1. The molecule has 1 N–H and O–H groups in total. The molecule has 1 atom stereocenters. The number of carbonyl (C=O) groups is 2. The van der Waals surface area contributed by atoms with Crippen LogP contribution in [-0.4, -0.2) is 30.7 Å². The second-order valence-corrected chi connectivity index (χ2v) is 7.93. The maximum absolute atomic E-state index is 13.1. The molecule has 0 spiro atoms. The van der Waals surface area contributed by atoms with Crippen molar-refractivity contribution in [2.24, 2.45) is 0 Å². The molecule has 8 heteroatoms. The van der Waals surface area contributed by atoms with Crippen LogP contribution in [0.25, 0.3) is 5.76 Å². The summed E-state index contributed by atoms with van der Waals surface area (Å²) >= 11 is 1.40. The van der Waals surface area contributed by atoms with Crippen LogP contribution < -0.4 is 19.1 Å². The number of benzene rings is 2. The summed E-state index contributed by atoms with van der Waals surface area (Å²) in [7, 11) is 1.52. The van der Waals surface area contributed by atoms with Crippen LogP contribution in [0, 0.1) is 0 Å². The SMILES string of the molecule is COc1cccc(/C(O)=C2/C(=O)C(=O)N(c3ccc4c(c3)OCO4)C2c2cccs2)c1. The molecule has 1 saturated heterocycles. The van der Waals surface area contributed by atoms with Gasteiger partial charge in [-0.1, -0.05) is 18.2 Å². The van der Waals surface area contributed by atoms with Crippen molar-refractivity contribution in [2.45, 2.75) is 6.04 Å². The van der Waals surface area contributed by atoms with Gasteiger partial charge < -0.3 is 19.3 Å². The maximum Gasteiger partial charge on any atom is 0.300 e. The average molecular weight is 435 g/mol. The maximum atomic E-state index is 13.1. The number of ether oxygens (including phenoxy) is 3. The lowest BCUT2D eigenvalue weighted by Crippen LogP contribution is -2.29. The quantitative estimate of drug-likeness (QED) is 0.377. The topological polar surface area (TPSA) is 85.3 Å². The fourth-order valence-electron chi connectivity index (χ4n) is 3.78. The van der Waals surface area contributed by atoms with E-state index in [-0.39, 0.29) is 18.1 Å². The van der Waals surface area contributed by atoms with Crippen molar-refractivity contribution in [1.82, 2.24) is 0 Å². The molecule has 7 nitrogen and oxygen atoms in total. The summed E-state index contributed by atoms with van der Waals surface area (Å²) in [6.45, 7) is 0.0990. The van der Waals surface area contributed by atoms with Crippen molar-refractivity contribution >= 4 is 34.5 Å². The molecule has 0 aliphatic carbocycles. The number of Topliss-reactive ketones (excluding diaryl/α,β-unsaturated/α-hetero) is 1. The molecule has 3 heterocycles. The molecule has 2 aliphatic heterocycles. The Morgan fingerprint density at radius 3 is 2.71 bits per heavy atom. The fourth-order valence-corrected chi connectivity index (χ4v) is 4.60. The van der Waals surface area contributed by atoms with Crippen LogP contribution in [0.1, 0.15) is 16.5 Å². The molecule has 0 radical (unpaired) electrons. The highest BCUT2D eigenvalue weighted by molar-refractivity contribution is 7.10. The predicted molar refractivity (Wildman–Crippen MR) is 115 cm³/mol. The van der Waals surface area contributed by atoms with E-state index in [1.54, 1.807) is 42.5 Å². The van der Waals surface area contributed by atoms with E-state index in [2.05, 4.69) is 0 Å². The number of thiophene rings is 1. The molecule has 1 unspecified atom stereocenters. The van der Waals surface area contributed by atoms with E-state index in [0.717, 1.165) is 4.88 Å². The Bertz CT molecular complexity index is 1220. The highest BCUT2D eigenvalue weighted by Gasteiger charge is 2.47. The third-order valence-electron chi connectivity index (χ3n) is 5.23. The van der Waals surface area contributed by atoms with Crippen molar-refractivity contribution in [1.29, 1.82) is 0 Å². The lowest BCUT2D eigenvalue weighted by molar-refractivity contribution is -0.132. The van der Waals surface area contributed by atoms with Gasteiger partial charge in [0, 0.05) is 22.2 Å². The van der Waals surface area contributed by atoms with E-state index in [0.29, 0.717) is 28.5 Å². The number of fused-ring (bicyclic) bond motifs is 1. The summed E-state index contributed by atoms with van der Waals surface area (Å²) in [5.74, 6) is -0.125. The Hall–Kier alpha value is -3.78. The van der Waals surface area contributed by atoms with Crippen LogP contribution in [-0.2, 0) is 9.59 Å². The number of nitrogens with zero attached hydrogens (tertiary/aromatic N) is 1. The largest absolute Gasteiger partial charge is 0.507 e. The summed E-state index contributed by atoms with van der Waals surface area (Å²) in [6, 6.07) is 14.7. The molecule has 1 amide bonds. The standard InChI is InChI=1S/C23H17NO6S/c1-28-15-5-2-4-13(10-15)21(25)19-20(18-6-3-9-31-18)24(23(27)22(19)26)14-7-8-16-17(11-14)30-12-29-16/h2-11,20,25H,12H2,1H3/b21-19-. The van der Waals surface area contributed by atoms with Gasteiger partial charge in [0.2, 0.25) is 6.79 Å². The van der Waals surface area contributed by atoms with Crippen molar-refractivity contribution in [2.75, 3.05) is 18.8 Å². The molecule has 2 aliphatic rings. The van der Waals surface area contributed by atoms with Crippen LogP contribution in [0.4, 0.5) is 5.69 Å². The van der Waals surface area contributed by atoms with Gasteiger partial charge in [-0.05, 0) is 35.7 Å². The molecular formula is C23H17NO6S. The van der Waals surface area contributed by atoms with Gasteiger partial charge in [0.25, 0.3) is 11.7 Å². The van der Waals surface area contributed by atoms with Crippen LogP contribution in [0.5, 0.6) is 17.2 Å². The van der Waals surface area contributed by atoms with Crippen molar-refractivity contribution in [3.05, 3.63) is 76.0 Å². The zero-order valence-corrected chi connectivity index (χ0v) is 17.2. The highest BCUT2D eigenvalue weighted by Crippen LogP contribution is 2.45. The fraction of sp³-hybridized carbons (Fsp3) is 0.130. The second kappa shape index (κ2) is 7.48. The Labute approximate surface area is 181 Å². The zero-order chi connectivity index (χ0) is 21.5. The smallest absolute Gasteiger partial charge is 0.300 e. The summed E-state index contributed by atoms with van der Waals surface area (Å²) in [5.41, 5.74) is 0.900. The van der Waals surface area contributed by atoms with Crippen LogP contribution >= 0.6 is 11.3 Å². The van der Waals surface area contributed by atoms with Gasteiger partial charge in [0.1, 0.15) is 17.6 Å². The van der Waals surface area contributed by atoms with Gasteiger partial charge in [-0.25, -0.2) is 0 Å². The molecule has 0 bridgehead atoms. The number of aliphatic hydroxyl groups is 1. The van der Waals surface area contributed by atoms with Gasteiger partial charge >= 0.3 is 0 Å². The van der Waals surface area contributed by atoms with E-state index in [1.165, 1.54) is 23.3 Å². The van der Waals surface area contributed by atoms with Gasteiger partial charge in [0.15, 0.2) is 11.5 Å². The van der Waals surface area contributed by atoms with Gasteiger partial charge in [-0.3, -0.25) is 14.5 Å². The van der Waals surface area contributed by atoms with Gasteiger partial charge in [0.05, 0.1) is 12.7 Å². The minimum absolute atomic E-state index is 0.0263. The summed E-state index contributed by atoms with van der Waals surface area (Å²) in [5, 5.41) is 13.0.